The van der Waals surface area contributed by atoms with E-state index in [2.05, 4.69) is 10.3 Å². The van der Waals surface area contributed by atoms with Crippen molar-refractivity contribution < 1.29 is 17.1 Å². The molecule has 4 heterocycles. The molecule has 2 N–H and O–H groups in total. The molecule has 34 heavy (non-hydrogen) atoms. The lowest BCUT2D eigenvalue weighted by molar-refractivity contribution is -0.118. The normalized spacial score (nSPS) is 14.3. The van der Waals surface area contributed by atoms with Crippen molar-refractivity contribution in [3.05, 3.63) is 69.4 Å². The van der Waals surface area contributed by atoms with Crippen LogP contribution in [0.1, 0.15) is 48.9 Å². The molecule has 1 aliphatic rings. The van der Waals surface area contributed by atoms with Crippen molar-refractivity contribution in [1.82, 2.24) is 15.3 Å². The molecule has 0 fully saturated rings. The Kier molecular flexibility index (Phi) is 7.10. The zero-order valence-electron chi connectivity index (χ0n) is 18.7. The molecule has 0 amide bonds. The Bertz CT molecular complexity index is 1280. The number of carbonyl (C=O) groups is 1. The molecule has 0 saturated heterocycles. The number of nitrogens with zero attached hydrogens (tertiary/aromatic N) is 2. The summed E-state index contributed by atoms with van der Waals surface area (Å²) in [6, 6.07) is 8.23. The highest BCUT2D eigenvalue weighted by atomic mass is 32.1. The van der Waals surface area contributed by atoms with E-state index in [-0.39, 0.29) is 27.0 Å². The number of pyridine rings is 1. The number of ketones is 1. The van der Waals surface area contributed by atoms with Crippen LogP contribution in [-0.2, 0) is 24.2 Å². The van der Waals surface area contributed by atoms with E-state index in [0.717, 1.165) is 50.7 Å². The van der Waals surface area contributed by atoms with Crippen molar-refractivity contribution >= 4 is 38.7 Å². The van der Waals surface area contributed by atoms with Gasteiger partial charge in [0.25, 0.3) is 0 Å². The number of hydrogen-bond donors (Lipinski definition) is 2. The summed E-state index contributed by atoms with van der Waals surface area (Å²) in [7, 11) is 0. The number of carbonyl (C=O) groups excluding carboxylic acids is 1. The van der Waals surface area contributed by atoms with Crippen LogP contribution >= 0.6 is 22.7 Å². The number of Topliss-reactive ketones (excluding diaryl/α,β-unsaturated/α-hetero) is 1. The molecule has 180 valence electrons. The zero-order valence-corrected chi connectivity index (χ0v) is 20.4. The van der Waals surface area contributed by atoms with Crippen LogP contribution in [0.4, 0.5) is 4.39 Å². The number of thiophene rings is 1. The molecule has 5 nitrogen and oxygen atoms in total. The van der Waals surface area contributed by atoms with Crippen molar-refractivity contribution in [2.75, 3.05) is 13.2 Å². The minimum Gasteiger partial charge on any atom is -0.396 e. The first-order valence-electron chi connectivity index (χ1n) is 11.6. The first-order chi connectivity index (χ1) is 16.6. The van der Waals surface area contributed by atoms with Crippen molar-refractivity contribution in [3.8, 4) is 10.6 Å². The van der Waals surface area contributed by atoms with Crippen LogP contribution in [0.5, 0.6) is 0 Å². The van der Waals surface area contributed by atoms with Crippen LogP contribution < -0.4 is 5.32 Å². The van der Waals surface area contributed by atoms with E-state index in [4.69, 9.17) is 4.98 Å². The lowest BCUT2D eigenvalue weighted by atomic mass is 9.93. The predicted molar refractivity (Wildman–Crippen MR) is 139 cm³/mol. The molecule has 1 aliphatic heterocycles. The van der Waals surface area contributed by atoms with E-state index in [1.165, 1.54) is 22.6 Å². The van der Waals surface area contributed by atoms with E-state index < -0.39 is 0 Å². The van der Waals surface area contributed by atoms with E-state index >= 15 is 0 Å². The molecule has 8 heteroatoms. The SMILES string of the molecule is O=C(CCCC(CO)c1ccc(F)cc1)Cc1sc2c(c1-c1nc3cnccc3s1)CCNC2.[HH].[HH]. The molecule has 0 bridgehead atoms. The monoisotopic (exact) mass is 499 g/mol. The molecule has 0 saturated carbocycles. The summed E-state index contributed by atoms with van der Waals surface area (Å²) in [5.41, 5.74) is 4.28. The van der Waals surface area contributed by atoms with Crippen LogP contribution in [-0.4, -0.2) is 34.0 Å². The molecule has 0 spiro atoms. The standard InChI is InChI=1S/C26H26FN3O2S2.2H2/c27-18-6-4-16(5-7-18)17(15-31)2-1-3-19(32)12-23-25(20-8-10-29-14-24(20)33-23)26-30-21-13-28-11-9-22(21)34-26;;/h4-7,9,11,13,17,29,31H,1-3,8,10,12,14-15H2;2*1H. The van der Waals surface area contributed by atoms with Gasteiger partial charge in [0.15, 0.2) is 0 Å². The molecule has 3 aromatic heterocycles. The number of hydrogen-bond acceptors (Lipinski definition) is 7. The van der Waals surface area contributed by atoms with E-state index in [0.29, 0.717) is 25.7 Å². The Morgan fingerprint density at radius 1 is 1.24 bits per heavy atom. The smallest absolute Gasteiger partial charge is 0.138 e. The maximum absolute atomic E-state index is 13.2. The fourth-order valence-corrected chi connectivity index (χ4v) is 7.01. The van der Waals surface area contributed by atoms with Gasteiger partial charge in [-0.3, -0.25) is 9.78 Å². The second-order valence-corrected chi connectivity index (χ2v) is 10.9. The lowest BCUT2D eigenvalue weighted by Gasteiger charge is -2.14. The highest BCUT2D eigenvalue weighted by Gasteiger charge is 2.25. The Morgan fingerprint density at radius 2 is 2.09 bits per heavy atom. The molecule has 4 aromatic rings. The number of aromatic nitrogens is 2. The van der Waals surface area contributed by atoms with Gasteiger partial charge in [-0.05, 0) is 55.1 Å². The van der Waals surface area contributed by atoms with Gasteiger partial charge in [-0.1, -0.05) is 12.1 Å². The number of thiazole rings is 1. The molecule has 5 rings (SSSR count). The Labute approximate surface area is 208 Å². The first kappa shape index (κ1) is 23.2. The Morgan fingerprint density at radius 3 is 2.88 bits per heavy atom. The molecule has 0 aliphatic carbocycles. The third-order valence-electron chi connectivity index (χ3n) is 6.33. The molecule has 1 aromatic carbocycles. The summed E-state index contributed by atoms with van der Waals surface area (Å²) in [5, 5.41) is 14.2. The van der Waals surface area contributed by atoms with Crippen molar-refractivity contribution in [2.45, 2.75) is 44.6 Å². The van der Waals surface area contributed by atoms with Gasteiger partial charge in [-0.2, -0.15) is 0 Å². The summed E-state index contributed by atoms with van der Waals surface area (Å²) in [4.78, 5) is 24.4. The largest absolute Gasteiger partial charge is 0.396 e. The van der Waals surface area contributed by atoms with Crippen LogP contribution in [0.3, 0.4) is 0 Å². The maximum atomic E-state index is 13.2. The summed E-state index contributed by atoms with van der Waals surface area (Å²) in [5.74, 6) is -0.170. The van der Waals surface area contributed by atoms with Gasteiger partial charge in [-0.15, -0.1) is 22.7 Å². The molecule has 1 unspecified atom stereocenters. The Hall–Kier alpha value is -2.52. The second kappa shape index (κ2) is 10.4. The fraction of sp³-hybridized carbons (Fsp3) is 0.346. The molecule has 0 radical (unpaired) electrons. The van der Waals surface area contributed by atoms with Gasteiger partial charge >= 0.3 is 0 Å². The molecular formula is C26H30FN3O2S2. The highest BCUT2D eigenvalue weighted by molar-refractivity contribution is 7.22. The minimum atomic E-state index is -0.287. The van der Waals surface area contributed by atoms with E-state index in [1.807, 2.05) is 6.07 Å². The van der Waals surface area contributed by atoms with E-state index in [1.54, 1.807) is 47.2 Å². The predicted octanol–water partition coefficient (Wildman–Crippen LogP) is 5.75. The third-order valence-corrected chi connectivity index (χ3v) is 8.62. The number of fused-ring (bicyclic) bond motifs is 2. The Balaban J connectivity index is 0.00000180. The quantitative estimate of drug-likeness (QED) is 0.306. The number of halogens is 1. The average Bonchev–Trinajstić information content (AvgIpc) is 3.43. The van der Waals surface area contributed by atoms with E-state index in [9.17, 15) is 14.3 Å². The molecule has 1 atom stereocenters. The van der Waals surface area contributed by atoms with Gasteiger partial charge in [0.2, 0.25) is 0 Å². The number of rotatable bonds is 9. The minimum absolute atomic E-state index is 0. The topological polar surface area (TPSA) is 75.1 Å². The van der Waals surface area contributed by atoms with Crippen LogP contribution in [0.15, 0.2) is 42.7 Å². The van der Waals surface area contributed by atoms with Gasteiger partial charge in [0.05, 0.1) is 10.9 Å². The third kappa shape index (κ3) is 4.95. The second-order valence-electron chi connectivity index (χ2n) is 8.63. The first-order valence-corrected chi connectivity index (χ1v) is 13.2. The highest BCUT2D eigenvalue weighted by Crippen LogP contribution is 2.42. The number of nitrogens with one attached hydrogen (secondary N) is 1. The van der Waals surface area contributed by atoms with Gasteiger partial charge in [0.1, 0.15) is 22.1 Å². The fourth-order valence-electron chi connectivity index (χ4n) is 4.56. The number of aliphatic hydroxyl groups is 1. The summed E-state index contributed by atoms with van der Waals surface area (Å²) in [6.07, 6.45) is 6.77. The number of benzene rings is 1. The summed E-state index contributed by atoms with van der Waals surface area (Å²) >= 11 is 3.39. The zero-order chi connectivity index (χ0) is 23.5. The van der Waals surface area contributed by atoms with Gasteiger partial charge < -0.3 is 10.4 Å². The summed E-state index contributed by atoms with van der Waals surface area (Å²) < 4.78 is 14.3. The van der Waals surface area contributed by atoms with Gasteiger partial charge in [-0.25, -0.2) is 9.37 Å². The maximum Gasteiger partial charge on any atom is 0.138 e. The van der Waals surface area contributed by atoms with Crippen molar-refractivity contribution in [3.63, 3.8) is 0 Å². The van der Waals surface area contributed by atoms with Crippen molar-refractivity contribution in [2.24, 2.45) is 0 Å². The van der Waals surface area contributed by atoms with Crippen LogP contribution in [0.2, 0.25) is 0 Å². The van der Waals surface area contributed by atoms with Crippen LogP contribution in [0, 0.1) is 5.82 Å². The van der Waals surface area contributed by atoms with Crippen LogP contribution in [0.25, 0.3) is 20.8 Å². The lowest BCUT2D eigenvalue weighted by Crippen LogP contribution is -2.22. The molecular weight excluding hydrogens is 469 g/mol. The number of aliphatic hydroxyl groups excluding tert-OH is 1. The average molecular weight is 500 g/mol. The summed E-state index contributed by atoms with van der Waals surface area (Å²) in [6.45, 7) is 1.76. The van der Waals surface area contributed by atoms with Crippen molar-refractivity contribution in [1.29, 1.82) is 0 Å². The van der Waals surface area contributed by atoms with Gasteiger partial charge in [0, 0.05) is 56.3 Å².